The molecule has 0 unspecified atom stereocenters. The van der Waals surface area contributed by atoms with Gasteiger partial charge in [0.1, 0.15) is 12.4 Å². The maximum atomic E-state index is 9.25. The van der Waals surface area contributed by atoms with E-state index in [1.54, 1.807) is 6.20 Å². The largest absolute Gasteiger partial charge is 0.487 e. The summed E-state index contributed by atoms with van der Waals surface area (Å²) in [4.78, 5) is 6.44. The summed E-state index contributed by atoms with van der Waals surface area (Å²) in [6, 6.07) is 13.9. The van der Waals surface area contributed by atoms with Crippen molar-refractivity contribution in [3.05, 3.63) is 59.9 Å². The molecule has 1 aromatic carbocycles. The number of hydrogen-bond donors (Lipinski definition) is 1. The number of aliphatic hydroxyl groups excluding tert-OH is 1. The number of nitrogens with zero attached hydrogens (tertiary/aromatic N) is 2. The first kappa shape index (κ1) is 13.1. The van der Waals surface area contributed by atoms with Crippen LogP contribution < -0.4 is 4.74 Å². The van der Waals surface area contributed by atoms with Crippen LogP contribution in [0.1, 0.15) is 11.3 Å². The van der Waals surface area contributed by atoms with E-state index >= 15 is 0 Å². The summed E-state index contributed by atoms with van der Waals surface area (Å²) < 4.78 is 5.69. The number of benzene rings is 1. The molecule has 104 valence electrons. The lowest BCUT2D eigenvalue weighted by Gasteiger charge is -2.35. The lowest BCUT2D eigenvalue weighted by Crippen LogP contribution is -2.49. The number of likely N-dealkylation sites (tertiary alicyclic amines) is 1. The third-order valence-corrected chi connectivity index (χ3v) is 3.38. The van der Waals surface area contributed by atoms with Crippen LogP contribution in [-0.2, 0) is 13.2 Å². The number of aliphatic hydroxyl groups is 1. The van der Waals surface area contributed by atoms with Gasteiger partial charge in [-0.3, -0.25) is 9.88 Å². The Bertz CT molecular complexity index is 536. The molecule has 2 aromatic rings. The zero-order chi connectivity index (χ0) is 13.8. The molecule has 1 aliphatic rings. The van der Waals surface area contributed by atoms with Crippen LogP contribution in [0.15, 0.2) is 48.7 Å². The highest BCUT2D eigenvalue weighted by Gasteiger charge is 2.23. The zero-order valence-corrected chi connectivity index (χ0v) is 11.3. The van der Waals surface area contributed by atoms with Gasteiger partial charge in [0, 0.05) is 25.8 Å². The van der Waals surface area contributed by atoms with E-state index in [9.17, 15) is 5.11 Å². The molecule has 0 amide bonds. The molecule has 1 aliphatic heterocycles. The molecule has 1 saturated heterocycles. The Morgan fingerprint density at radius 2 is 1.95 bits per heavy atom. The maximum absolute atomic E-state index is 9.25. The fourth-order valence-corrected chi connectivity index (χ4v) is 2.26. The van der Waals surface area contributed by atoms with Crippen molar-refractivity contribution in [1.29, 1.82) is 0 Å². The van der Waals surface area contributed by atoms with E-state index in [4.69, 9.17) is 4.74 Å². The molecule has 1 aromatic heterocycles. The number of β-amino-alcohol motifs (C(OH)–C–C–N with tert-alkyl or cyclic N) is 1. The summed E-state index contributed by atoms with van der Waals surface area (Å²) in [6.07, 6.45) is 1.62. The third kappa shape index (κ3) is 3.35. The minimum atomic E-state index is -0.143. The highest BCUT2D eigenvalue weighted by molar-refractivity contribution is 5.27. The highest BCUT2D eigenvalue weighted by Crippen LogP contribution is 2.17. The molecule has 2 heterocycles. The summed E-state index contributed by atoms with van der Waals surface area (Å²) in [5.41, 5.74) is 2.16. The van der Waals surface area contributed by atoms with E-state index < -0.39 is 0 Å². The Morgan fingerprint density at radius 1 is 1.15 bits per heavy atom. The van der Waals surface area contributed by atoms with E-state index in [2.05, 4.69) is 22.0 Å². The zero-order valence-electron chi connectivity index (χ0n) is 11.3. The standard InChI is InChI=1S/C16H18N2O2/c19-15-10-18(11-15)9-13-4-6-16(7-5-13)20-12-14-3-1-2-8-17-14/h1-8,15,19H,9-12H2. The normalized spacial score (nSPS) is 15.8. The van der Waals surface area contributed by atoms with Crippen molar-refractivity contribution < 1.29 is 9.84 Å². The second kappa shape index (κ2) is 6.03. The average Bonchev–Trinajstić information content (AvgIpc) is 2.46. The Hall–Kier alpha value is -1.91. The molecule has 0 aliphatic carbocycles. The van der Waals surface area contributed by atoms with Gasteiger partial charge in [-0.05, 0) is 29.8 Å². The predicted octanol–water partition coefficient (Wildman–Crippen LogP) is 1.84. The van der Waals surface area contributed by atoms with Crippen molar-refractivity contribution in [2.75, 3.05) is 13.1 Å². The van der Waals surface area contributed by atoms with Gasteiger partial charge >= 0.3 is 0 Å². The van der Waals surface area contributed by atoms with Gasteiger partial charge in [0.05, 0.1) is 11.8 Å². The maximum Gasteiger partial charge on any atom is 0.130 e. The van der Waals surface area contributed by atoms with Crippen LogP contribution in [0, 0.1) is 0 Å². The lowest BCUT2D eigenvalue weighted by atomic mass is 10.1. The van der Waals surface area contributed by atoms with Crippen molar-refractivity contribution in [2.45, 2.75) is 19.3 Å². The molecular formula is C16H18N2O2. The van der Waals surface area contributed by atoms with Gasteiger partial charge in [-0.15, -0.1) is 0 Å². The number of rotatable bonds is 5. The number of aromatic nitrogens is 1. The second-order valence-electron chi connectivity index (χ2n) is 5.10. The summed E-state index contributed by atoms with van der Waals surface area (Å²) in [5, 5.41) is 9.25. The van der Waals surface area contributed by atoms with Gasteiger partial charge in [0.25, 0.3) is 0 Å². The molecule has 20 heavy (non-hydrogen) atoms. The van der Waals surface area contributed by atoms with E-state index in [-0.39, 0.29) is 6.10 Å². The summed E-state index contributed by atoms with van der Waals surface area (Å²) in [7, 11) is 0. The van der Waals surface area contributed by atoms with Crippen molar-refractivity contribution in [3.8, 4) is 5.75 Å². The molecule has 0 bridgehead atoms. The first-order valence-corrected chi connectivity index (χ1v) is 6.82. The molecule has 0 saturated carbocycles. The molecule has 4 heteroatoms. The van der Waals surface area contributed by atoms with Crippen molar-refractivity contribution in [1.82, 2.24) is 9.88 Å². The van der Waals surface area contributed by atoms with Crippen LogP contribution in [0.2, 0.25) is 0 Å². The van der Waals surface area contributed by atoms with E-state index in [0.29, 0.717) is 6.61 Å². The SMILES string of the molecule is OC1CN(Cc2ccc(OCc3ccccn3)cc2)C1. The first-order valence-electron chi connectivity index (χ1n) is 6.82. The van der Waals surface area contributed by atoms with Gasteiger partial charge in [-0.1, -0.05) is 18.2 Å². The average molecular weight is 270 g/mol. The van der Waals surface area contributed by atoms with Crippen LogP contribution in [0.25, 0.3) is 0 Å². The topological polar surface area (TPSA) is 45.6 Å². The lowest BCUT2D eigenvalue weighted by molar-refractivity contribution is -0.00287. The molecular weight excluding hydrogens is 252 g/mol. The first-order chi connectivity index (χ1) is 9.79. The van der Waals surface area contributed by atoms with E-state index in [0.717, 1.165) is 31.1 Å². The molecule has 0 radical (unpaired) electrons. The van der Waals surface area contributed by atoms with Gasteiger partial charge in [-0.25, -0.2) is 0 Å². The molecule has 0 spiro atoms. The van der Waals surface area contributed by atoms with E-state index in [1.807, 2.05) is 30.3 Å². The summed E-state index contributed by atoms with van der Waals surface area (Å²) in [5.74, 6) is 0.850. The predicted molar refractivity (Wildman–Crippen MR) is 76.3 cm³/mol. The van der Waals surface area contributed by atoms with E-state index in [1.165, 1.54) is 5.56 Å². The van der Waals surface area contributed by atoms with Crippen LogP contribution in [-0.4, -0.2) is 34.2 Å². The number of pyridine rings is 1. The Labute approximate surface area is 118 Å². The summed E-state index contributed by atoms with van der Waals surface area (Å²) >= 11 is 0. The fraction of sp³-hybridized carbons (Fsp3) is 0.312. The van der Waals surface area contributed by atoms with Crippen LogP contribution in [0.5, 0.6) is 5.75 Å². The number of hydrogen-bond acceptors (Lipinski definition) is 4. The van der Waals surface area contributed by atoms with Gasteiger partial charge in [-0.2, -0.15) is 0 Å². The Balaban J connectivity index is 1.51. The molecule has 1 fully saturated rings. The number of ether oxygens (including phenoxy) is 1. The van der Waals surface area contributed by atoms with Crippen molar-refractivity contribution in [3.63, 3.8) is 0 Å². The van der Waals surface area contributed by atoms with Gasteiger partial charge in [0.15, 0.2) is 0 Å². The Kier molecular flexibility index (Phi) is 3.95. The highest BCUT2D eigenvalue weighted by atomic mass is 16.5. The second-order valence-corrected chi connectivity index (χ2v) is 5.10. The van der Waals surface area contributed by atoms with Crippen molar-refractivity contribution in [2.24, 2.45) is 0 Å². The third-order valence-electron chi connectivity index (χ3n) is 3.38. The fourth-order valence-electron chi connectivity index (χ4n) is 2.26. The minimum absolute atomic E-state index is 0.143. The van der Waals surface area contributed by atoms with Gasteiger partial charge in [0.2, 0.25) is 0 Å². The van der Waals surface area contributed by atoms with Gasteiger partial charge < -0.3 is 9.84 Å². The summed E-state index contributed by atoms with van der Waals surface area (Å²) in [6.45, 7) is 2.92. The van der Waals surface area contributed by atoms with Crippen LogP contribution in [0.4, 0.5) is 0 Å². The Morgan fingerprint density at radius 3 is 2.60 bits per heavy atom. The smallest absolute Gasteiger partial charge is 0.130 e. The van der Waals surface area contributed by atoms with Crippen molar-refractivity contribution >= 4 is 0 Å². The molecule has 4 nitrogen and oxygen atoms in total. The molecule has 0 atom stereocenters. The van der Waals surface area contributed by atoms with Crippen LogP contribution in [0.3, 0.4) is 0 Å². The molecule has 3 rings (SSSR count). The monoisotopic (exact) mass is 270 g/mol. The minimum Gasteiger partial charge on any atom is -0.487 e. The molecule has 1 N–H and O–H groups in total. The quantitative estimate of drug-likeness (QED) is 0.900. The van der Waals surface area contributed by atoms with Crippen LogP contribution >= 0.6 is 0 Å².